The lowest BCUT2D eigenvalue weighted by Crippen LogP contribution is -2.13. The fourth-order valence-corrected chi connectivity index (χ4v) is 2.03. The molecule has 0 amide bonds. The average Bonchev–Trinajstić information content (AvgIpc) is 2.32. The van der Waals surface area contributed by atoms with Crippen molar-refractivity contribution in [3.63, 3.8) is 0 Å². The van der Waals surface area contributed by atoms with Crippen molar-refractivity contribution >= 4 is 0 Å². The maximum Gasteiger partial charge on any atom is 0.137 e. The van der Waals surface area contributed by atoms with Crippen LogP contribution >= 0.6 is 0 Å². The molecule has 0 spiro atoms. The number of aromatic nitrogens is 1. The molecule has 0 saturated heterocycles. The Morgan fingerprint density at radius 1 is 0.950 bits per heavy atom. The third-order valence-corrected chi connectivity index (χ3v) is 3.34. The quantitative estimate of drug-likeness (QED) is 0.653. The molecule has 114 valence electrons. The summed E-state index contributed by atoms with van der Waals surface area (Å²) in [6.45, 7) is 14.2. The van der Waals surface area contributed by atoms with Crippen molar-refractivity contribution < 1.29 is 4.74 Å². The van der Waals surface area contributed by atoms with Gasteiger partial charge in [-0.25, -0.2) is 0 Å². The summed E-state index contributed by atoms with van der Waals surface area (Å²) in [5.74, 6) is 0.883. The van der Waals surface area contributed by atoms with Crippen LogP contribution in [-0.2, 0) is 5.41 Å². The van der Waals surface area contributed by atoms with Crippen molar-refractivity contribution in [1.29, 1.82) is 0 Å². The summed E-state index contributed by atoms with van der Waals surface area (Å²) in [4.78, 5) is 4.47. The zero-order chi connectivity index (χ0) is 15.2. The molecule has 1 aromatic rings. The van der Waals surface area contributed by atoms with E-state index in [9.17, 15) is 0 Å². The number of unbranched alkanes of at least 4 members (excludes halogenated alkanes) is 2. The van der Waals surface area contributed by atoms with E-state index in [0.29, 0.717) is 5.41 Å². The smallest absolute Gasteiger partial charge is 0.137 e. The van der Waals surface area contributed by atoms with Gasteiger partial charge in [0.05, 0.1) is 12.8 Å². The SMILES string of the molecule is CC(C)(C)CCCCCOc1ccc(C(C)(C)C)nc1. The van der Waals surface area contributed by atoms with Gasteiger partial charge >= 0.3 is 0 Å². The average molecular weight is 277 g/mol. The highest BCUT2D eigenvalue weighted by Gasteiger charge is 2.14. The van der Waals surface area contributed by atoms with E-state index >= 15 is 0 Å². The zero-order valence-corrected chi connectivity index (χ0v) is 14.1. The van der Waals surface area contributed by atoms with Crippen molar-refractivity contribution in [3.8, 4) is 5.75 Å². The van der Waals surface area contributed by atoms with E-state index in [1.807, 2.05) is 12.3 Å². The standard InChI is InChI=1S/C18H31NO/c1-17(2,3)12-8-7-9-13-20-15-10-11-16(19-14-15)18(4,5)6/h10-11,14H,7-9,12-13H2,1-6H3. The molecule has 0 radical (unpaired) electrons. The first-order chi connectivity index (χ1) is 9.18. The lowest BCUT2D eigenvalue weighted by molar-refractivity contribution is 0.293. The number of ether oxygens (including phenoxy) is 1. The van der Waals surface area contributed by atoms with E-state index in [-0.39, 0.29) is 5.41 Å². The molecule has 0 saturated carbocycles. The lowest BCUT2D eigenvalue weighted by atomic mass is 9.89. The minimum Gasteiger partial charge on any atom is -0.492 e. The predicted molar refractivity (Wildman–Crippen MR) is 86.4 cm³/mol. The first kappa shape index (κ1) is 17.0. The van der Waals surface area contributed by atoms with Crippen LogP contribution in [0.1, 0.15) is 72.9 Å². The summed E-state index contributed by atoms with van der Waals surface area (Å²) < 4.78 is 5.74. The summed E-state index contributed by atoms with van der Waals surface area (Å²) in [5, 5.41) is 0. The molecule has 0 aliphatic rings. The first-order valence-corrected chi connectivity index (χ1v) is 7.78. The summed E-state index contributed by atoms with van der Waals surface area (Å²) in [7, 11) is 0. The summed E-state index contributed by atoms with van der Waals surface area (Å²) in [5.41, 5.74) is 1.66. The van der Waals surface area contributed by atoms with Gasteiger partial charge in [0.15, 0.2) is 0 Å². The van der Waals surface area contributed by atoms with E-state index < -0.39 is 0 Å². The second-order valence-electron chi connectivity index (χ2n) is 7.85. The van der Waals surface area contributed by atoms with Crippen molar-refractivity contribution in [2.24, 2.45) is 5.41 Å². The molecule has 1 rings (SSSR count). The number of rotatable bonds is 6. The molecule has 0 bridgehead atoms. The van der Waals surface area contributed by atoms with Crippen molar-refractivity contribution in [3.05, 3.63) is 24.0 Å². The molecular weight excluding hydrogens is 246 g/mol. The molecule has 2 heteroatoms. The molecule has 2 nitrogen and oxygen atoms in total. The van der Waals surface area contributed by atoms with E-state index in [4.69, 9.17) is 4.74 Å². The molecule has 0 fully saturated rings. The Bertz CT molecular complexity index is 381. The van der Waals surface area contributed by atoms with Gasteiger partial charge in [-0.1, -0.05) is 54.4 Å². The molecule has 0 atom stereocenters. The van der Waals surface area contributed by atoms with Crippen LogP contribution in [0.4, 0.5) is 0 Å². The molecule has 20 heavy (non-hydrogen) atoms. The second kappa shape index (κ2) is 7.10. The molecule has 0 aromatic carbocycles. The van der Waals surface area contributed by atoms with E-state index in [2.05, 4.69) is 52.6 Å². The van der Waals surface area contributed by atoms with Crippen molar-refractivity contribution in [2.75, 3.05) is 6.61 Å². The second-order valence-corrected chi connectivity index (χ2v) is 7.85. The number of nitrogens with zero attached hydrogens (tertiary/aromatic N) is 1. The largest absolute Gasteiger partial charge is 0.492 e. The van der Waals surface area contributed by atoms with E-state index in [1.54, 1.807) is 0 Å². The van der Waals surface area contributed by atoms with Gasteiger partial charge in [0.25, 0.3) is 0 Å². The fraction of sp³-hybridized carbons (Fsp3) is 0.722. The van der Waals surface area contributed by atoms with E-state index in [0.717, 1.165) is 24.5 Å². The maximum absolute atomic E-state index is 5.74. The topological polar surface area (TPSA) is 22.1 Å². The normalized spacial score (nSPS) is 12.5. The van der Waals surface area contributed by atoms with Gasteiger partial charge in [-0.05, 0) is 30.4 Å². The molecular formula is C18H31NO. The number of pyridine rings is 1. The third kappa shape index (κ3) is 6.93. The summed E-state index contributed by atoms with van der Waals surface area (Å²) in [6.07, 6.45) is 6.78. The van der Waals surface area contributed by atoms with E-state index in [1.165, 1.54) is 19.3 Å². The zero-order valence-electron chi connectivity index (χ0n) is 14.1. The minimum atomic E-state index is 0.103. The Kier molecular flexibility index (Phi) is 6.04. The molecule has 0 aliphatic carbocycles. The Morgan fingerprint density at radius 3 is 2.15 bits per heavy atom. The highest BCUT2D eigenvalue weighted by atomic mass is 16.5. The van der Waals surface area contributed by atoms with Crippen LogP contribution in [0.15, 0.2) is 18.3 Å². The van der Waals surface area contributed by atoms with Gasteiger partial charge in [0.1, 0.15) is 5.75 Å². The Balaban J connectivity index is 2.23. The van der Waals surface area contributed by atoms with Crippen LogP contribution in [0.3, 0.4) is 0 Å². The van der Waals surface area contributed by atoms with Crippen LogP contribution < -0.4 is 4.74 Å². The maximum atomic E-state index is 5.74. The van der Waals surface area contributed by atoms with Gasteiger partial charge in [0.2, 0.25) is 0 Å². The van der Waals surface area contributed by atoms with Crippen molar-refractivity contribution in [1.82, 2.24) is 4.98 Å². The molecule has 1 heterocycles. The number of hydrogen-bond donors (Lipinski definition) is 0. The minimum absolute atomic E-state index is 0.103. The van der Waals surface area contributed by atoms with Gasteiger partial charge in [-0.2, -0.15) is 0 Å². The molecule has 0 N–H and O–H groups in total. The Hall–Kier alpha value is -1.05. The van der Waals surface area contributed by atoms with Crippen LogP contribution in [0.5, 0.6) is 5.75 Å². The Labute approximate surface area is 125 Å². The summed E-state index contributed by atoms with van der Waals surface area (Å²) >= 11 is 0. The van der Waals surface area contributed by atoms with Gasteiger partial charge in [-0.15, -0.1) is 0 Å². The molecule has 0 aliphatic heterocycles. The third-order valence-electron chi connectivity index (χ3n) is 3.34. The van der Waals surface area contributed by atoms with Crippen LogP contribution in [0.25, 0.3) is 0 Å². The summed E-state index contributed by atoms with van der Waals surface area (Å²) in [6, 6.07) is 4.09. The first-order valence-electron chi connectivity index (χ1n) is 7.78. The van der Waals surface area contributed by atoms with Gasteiger partial charge in [0, 0.05) is 11.1 Å². The van der Waals surface area contributed by atoms with Gasteiger partial charge in [-0.3, -0.25) is 4.98 Å². The van der Waals surface area contributed by atoms with Crippen LogP contribution in [0, 0.1) is 5.41 Å². The fourth-order valence-electron chi connectivity index (χ4n) is 2.03. The number of hydrogen-bond acceptors (Lipinski definition) is 2. The Morgan fingerprint density at radius 2 is 1.65 bits per heavy atom. The van der Waals surface area contributed by atoms with Crippen LogP contribution in [0.2, 0.25) is 0 Å². The van der Waals surface area contributed by atoms with Crippen molar-refractivity contribution in [2.45, 2.75) is 72.6 Å². The highest BCUT2D eigenvalue weighted by molar-refractivity contribution is 5.23. The lowest BCUT2D eigenvalue weighted by Gasteiger charge is -2.18. The van der Waals surface area contributed by atoms with Crippen LogP contribution in [-0.4, -0.2) is 11.6 Å². The molecule has 1 aromatic heterocycles. The molecule has 0 unspecified atom stereocenters. The highest BCUT2D eigenvalue weighted by Crippen LogP contribution is 2.23. The van der Waals surface area contributed by atoms with Gasteiger partial charge < -0.3 is 4.74 Å². The predicted octanol–water partition coefficient (Wildman–Crippen LogP) is 5.36. The monoisotopic (exact) mass is 277 g/mol.